The highest BCUT2D eigenvalue weighted by molar-refractivity contribution is 5.84. The van der Waals surface area contributed by atoms with E-state index in [0.29, 0.717) is 29.4 Å². The molecule has 0 amide bonds. The van der Waals surface area contributed by atoms with Crippen LogP contribution in [0.25, 0.3) is 5.57 Å². The summed E-state index contributed by atoms with van der Waals surface area (Å²) in [5.41, 5.74) is 1.13. The van der Waals surface area contributed by atoms with Gasteiger partial charge in [-0.05, 0) is 59.7 Å². The number of halogens is 3. The van der Waals surface area contributed by atoms with Crippen LogP contribution in [0.4, 0.5) is 13.2 Å². The van der Waals surface area contributed by atoms with Gasteiger partial charge in [0.05, 0.1) is 12.2 Å². The second kappa shape index (κ2) is 10.3. The van der Waals surface area contributed by atoms with E-state index in [0.717, 1.165) is 49.8 Å². The van der Waals surface area contributed by atoms with Crippen LogP contribution in [0.1, 0.15) is 29.5 Å². The predicted octanol–water partition coefficient (Wildman–Crippen LogP) is 5.58. The van der Waals surface area contributed by atoms with Crippen molar-refractivity contribution in [1.82, 2.24) is 0 Å². The van der Waals surface area contributed by atoms with Crippen LogP contribution in [0.3, 0.4) is 0 Å². The zero-order valence-corrected chi connectivity index (χ0v) is 16.8. The first kappa shape index (κ1) is 22.6. The van der Waals surface area contributed by atoms with Gasteiger partial charge >= 0.3 is 12.1 Å². The van der Waals surface area contributed by atoms with Gasteiger partial charge in [0, 0.05) is 19.3 Å². The highest BCUT2D eigenvalue weighted by atomic mass is 19.4. The van der Waals surface area contributed by atoms with Crippen LogP contribution in [0.2, 0.25) is 0 Å². The summed E-state index contributed by atoms with van der Waals surface area (Å²) in [6.07, 6.45) is 1.40. The maximum absolute atomic E-state index is 12.9. The molecule has 0 radical (unpaired) electrons. The molecule has 2 aromatic carbocycles. The zero-order valence-electron chi connectivity index (χ0n) is 16.8. The number of carboxylic acids is 1. The Balaban J connectivity index is 1.79. The summed E-state index contributed by atoms with van der Waals surface area (Å²) in [4.78, 5) is 10.8. The van der Waals surface area contributed by atoms with Crippen molar-refractivity contribution in [3.8, 4) is 5.75 Å². The molecular weight excluding hydrogens is 409 g/mol. The molecule has 0 unspecified atom stereocenters. The van der Waals surface area contributed by atoms with Crippen molar-refractivity contribution in [2.24, 2.45) is 5.92 Å². The number of carbonyl (C=O) groups is 1. The number of carboxylic acid groups (broad SMARTS) is 1. The van der Waals surface area contributed by atoms with Crippen molar-refractivity contribution >= 4 is 11.5 Å². The lowest BCUT2D eigenvalue weighted by molar-refractivity contribution is -0.137. The van der Waals surface area contributed by atoms with Gasteiger partial charge in [0.25, 0.3) is 0 Å². The Morgan fingerprint density at radius 2 is 1.61 bits per heavy atom. The molecule has 2 aromatic rings. The number of rotatable bonds is 7. The third-order valence-electron chi connectivity index (χ3n) is 5.02. The first-order chi connectivity index (χ1) is 14.8. The number of hydrogen-bond donors (Lipinski definition) is 1. The molecule has 7 heteroatoms. The van der Waals surface area contributed by atoms with Gasteiger partial charge in [-0.15, -0.1) is 0 Å². The minimum atomic E-state index is -4.42. The Labute approximate surface area is 178 Å². The third-order valence-corrected chi connectivity index (χ3v) is 5.02. The number of hydrogen-bond acceptors (Lipinski definition) is 3. The largest absolute Gasteiger partial charge is 0.493 e. The Hall–Kier alpha value is -3.06. The number of aliphatic carboxylic acids is 1. The van der Waals surface area contributed by atoms with Gasteiger partial charge in [-0.2, -0.15) is 13.2 Å². The molecule has 1 aliphatic heterocycles. The van der Waals surface area contributed by atoms with E-state index < -0.39 is 17.7 Å². The molecule has 0 aromatic heterocycles. The first-order valence-electron chi connectivity index (χ1n) is 9.93. The summed E-state index contributed by atoms with van der Waals surface area (Å²) < 4.78 is 49.8. The van der Waals surface area contributed by atoms with Crippen LogP contribution in [0, 0.1) is 5.92 Å². The van der Waals surface area contributed by atoms with Crippen LogP contribution in [-0.2, 0) is 15.7 Å². The molecule has 164 valence electrons. The molecule has 1 heterocycles. The Morgan fingerprint density at radius 1 is 1.03 bits per heavy atom. The lowest BCUT2D eigenvalue weighted by atomic mass is 9.96. The summed E-state index contributed by atoms with van der Waals surface area (Å²) in [7, 11) is 0. The van der Waals surface area contributed by atoms with Crippen molar-refractivity contribution in [3.05, 3.63) is 83.4 Å². The maximum atomic E-state index is 12.9. The molecule has 0 saturated carbocycles. The van der Waals surface area contributed by atoms with Crippen LogP contribution >= 0.6 is 0 Å². The molecule has 0 bridgehead atoms. The second-order valence-corrected chi connectivity index (χ2v) is 7.24. The molecule has 1 N–H and O–H groups in total. The smallest absolute Gasteiger partial charge is 0.416 e. The minimum Gasteiger partial charge on any atom is -0.493 e. The van der Waals surface area contributed by atoms with Crippen molar-refractivity contribution in [3.63, 3.8) is 0 Å². The Morgan fingerprint density at radius 3 is 2.16 bits per heavy atom. The number of ether oxygens (including phenoxy) is 2. The van der Waals surface area contributed by atoms with Gasteiger partial charge in [-0.3, -0.25) is 0 Å². The van der Waals surface area contributed by atoms with E-state index in [4.69, 9.17) is 14.6 Å². The minimum absolute atomic E-state index is 0.456. The van der Waals surface area contributed by atoms with Gasteiger partial charge in [0.1, 0.15) is 5.75 Å². The monoisotopic (exact) mass is 432 g/mol. The fraction of sp³-hybridized carbons (Fsp3) is 0.292. The molecule has 1 saturated heterocycles. The molecule has 1 aliphatic rings. The summed E-state index contributed by atoms with van der Waals surface area (Å²) >= 11 is 0. The van der Waals surface area contributed by atoms with E-state index in [1.54, 1.807) is 30.3 Å². The van der Waals surface area contributed by atoms with E-state index in [2.05, 4.69) is 0 Å². The fourth-order valence-corrected chi connectivity index (χ4v) is 3.28. The van der Waals surface area contributed by atoms with Crippen molar-refractivity contribution in [1.29, 1.82) is 0 Å². The predicted molar refractivity (Wildman–Crippen MR) is 111 cm³/mol. The molecular formula is C24H23F3O4. The Kier molecular flexibility index (Phi) is 7.52. The number of allylic oxidation sites excluding steroid dienone is 2. The topological polar surface area (TPSA) is 55.8 Å². The fourth-order valence-electron chi connectivity index (χ4n) is 3.28. The molecule has 0 aliphatic carbocycles. The Bertz CT molecular complexity index is 923. The van der Waals surface area contributed by atoms with Crippen molar-refractivity contribution in [2.75, 3.05) is 19.8 Å². The van der Waals surface area contributed by atoms with E-state index in [1.807, 2.05) is 0 Å². The summed E-state index contributed by atoms with van der Waals surface area (Å²) in [5, 5.41) is 8.83. The van der Waals surface area contributed by atoms with Gasteiger partial charge in [0.2, 0.25) is 0 Å². The average Bonchev–Trinajstić information content (AvgIpc) is 2.76. The first-order valence-corrected chi connectivity index (χ1v) is 9.93. The number of alkyl halides is 3. The zero-order chi connectivity index (χ0) is 22.3. The van der Waals surface area contributed by atoms with Gasteiger partial charge in [-0.1, -0.05) is 36.4 Å². The molecule has 1 fully saturated rings. The lowest BCUT2D eigenvalue weighted by Crippen LogP contribution is -2.21. The van der Waals surface area contributed by atoms with E-state index in [-0.39, 0.29) is 0 Å². The lowest BCUT2D eigenvalue weighted by Gasteiger charge is -2.22. The van der Waals surface area contributed by atoms with Crippen LogP contribution in [0.15, 0.2) is 66.8 Å². The molecule has 0 atom stereocenters. The third kappa shape index (κ3) is 6.72. The van der Waals surface area contributed by atoms with E-state index in [1.165, 1.54) is 18.2 Å². The summed E-state index contributed by atoms with van der Waals surface area (Å²) in [5.74, 6) is 0.0418. The highest BCUT2D eigenvalue weighted by Gasteiger charge is 2.30. The molecule has 4 nitrogen and oxygen atoms in total. The maximum Gasteiger partial charge on any atom is 0.416 e. The normalized spacial score (nSPS) is 15.9. The summed E-state index contributed by atoms with van der Waals surface area (Å²) in [6, 6.07) is 12.0. The van der Waals surface area contributed by atoms with Gasteiger partial charge < -0.3 is 14.6 Å². The van der Waals surface area contributed by atoms with Gasteiger partial charge in [-0.25, -0.2) is 4.79 Å². The van der Waals surface area contributed by atoms with Crippen molar-refractivity contribution < 1.29 is 32.5 Å². The van der Waals surface area contributed by atoms with Crippen LogP contribution in [-0.4, -0.2) is 30.9 Å². The van der Waals surface area contributed by atoms with Crippen molar-refractivity contribution in [2.45, 2.75) is 19.0 Å². The summed E-state index contributed by atoms with van der Waals surface area (Å²) in [6.45, 7) is 2.10. The number of benzene rings is 2. The highest BCUT2D eigenvalue weighted by Crippen LogP contribution is 2.32. The molecule has 0 spiro atoms. The quantitative estimate of drug-likeness (QED) is 0.458. The van der Waals surface area contributed by atoms with E-state index >= 15 is 0 Å². The SMILES string of the molecule is O=C(O)C=CC=C(c1ccc(OCC2CCOCC2)cc1)c1ccc(C(F)(F)F)cc1. The van der Waals surface area contributed by atoms with E-state index in [9.17, 15) is 18.0 Å². The average molecular weight is 432 g/mol. The van der Waals surface area contributed by atoms with Gasteiger partial charge in [0.15, 0.2) is 0 Å². The molecule has 3 rings (SSSR count). The van der Waals surface area contributed by atoms with Crippen LogP contribution in [0.5, 0.6) is 5.75 Å². The standard InChI is InChI=1S/C24H23F3O4/c25-24(26,27)20-8-4-18(5-9-20)22(2-1-3-23(28)29)19-6-10-21(11-7-19)31-16-17-12-14-30-15-13-17/h1-11,17H,12-16H2,(H,28,29). The second-order valence-electron chi connectivity index (χ2n) is 7.24. The van der Waals surface area contributed by atoms with Crippen LogP contribution < -0.4 is 4.74 Å². The molecule has 31 heavy (non-hydrogen) atoms.